The van der Waals surface area contributed by atoms with Gasteiger partial charge >= 0.3 is 0 Å². The number of hydrogen-bond donors (Lipinski definition) is 1. The Morgan fingerprint density at radius 3 is 2.93 bits per heavy atom. The topological polar surface area (TPSA) is 54.3 Å². The van der Waals surface area contributed by atoms with Crippen molar-refractivity contribution in [1.29, 1.82) is 0 Å². The number of thiophene rings is 1. The van der Waals surface area contributed by atoms with Gasteiger partial charge in [-0.1, -0.05) is 35.9 Å². The molecule has 5 rings (SSSR count). The lowest BCUT2D eigenvalue weighted by atomic mass is 9.97. The molecule has 0 fully saturated rings. The van der Waals surface area contributed by atoms with Crippen molar-refractivity contribution >= 4 is 28.6 Å². The second-order valence-corrected chi connectivity index (χ2v) is 8.27. The SMILES string of the molecule is CCOc1cc([C@H]2Oc3ccccc3[C@H]3CC(c4cccs4)=NN32)cc(Cl)c1O. The summed E-state index contributed by atoms with van der Waals surface area (Å²) in [5.74, 6) is 1.12. The Kier molecular flexibility index (Phi) is 4.60. The average molecular weight is 427 g/mol. The van der Waals surface area contributed by atoms with Crippen LogP contribution < -0.4 is 9.47 Å². The number of fused-ring (bicyclic) bond motifs is 3. The Labute approximate surface area is 177 Å². The molecule has 0 unspecified atom stereocenters. The maximum atomic E-state index is 10.2. The smallest absolute Gasteiger partial charge is 0.214 e. The Morgan fingerprint density at radius 1 is 1.28 bits per heavy atom. The van der Waals surface area contributed by atoms with Crippen LogP contribution in [0.5, 0.6) is 17.2 Å². The molecule has 0 bridgehead atoms. The summed E-state index contributed by atoms with van der Waals surface area (Å²) in [5, 5.41) is 19.4. The van der Waals surface area contributed by atoms with E-state index < -0.39 is 6.23 Å². The number of phenolic OH excluding ortho intramolecular Hbond substituents is 1. The van der Waals surface area contributed by atoms with Gasteiger partial charge in [-0.05, 0) is 36.6 Å². The van der Waals surface area contributed by atoms with Gasteiger partial charge in [-0.2, -0.15) is 5.10 Å². The molecule has 1 N–H and O–H groups in total. The van der Waals surface area contributed by atoms with Crippen LogP contribution >= 0.6 is 22.9 Å². The number of para-hydroxylation sites is 1. The van der Waals surface area contributed by atoms with Gasteiger partial charge in [0, 0.05) is 17.5 Å². The predicted molar refractivity (Wildman–Crippen MR) is 114 cm³/mol. The van der Waals surface area contributed by atoms with Crippen LogP contribution in [-0.4, -0.2) is 22.4 Å². The quantitative estimate of drug-likeness (QED) is 0.577. The largest absolute Gasteiger partial charge is 0.503 e. The number of benzene rings is 2. The first-order chi connectivity index (χ1) is 14.2. The van der Waals surface area contributed by atoms with Crippen LogP contribution in [0.2, 0.25) is 5.02 Å². The van der Waals surface area contributed by atoms with Crippen molar-refractivity contribution in [2.45, 2.75) is 25.6 Å². The van der Waals surface area contributed by atoms with E-state index in [9.17, 15) is 5.11 Å². The molecule has 3 aromatic rings. The third-order valence-electron chi connectivity index (χ3n) is 5.14. The van der Waals surface area contributed by atoms with Crippen molar-refractivity contribution in [1.82, 2.24) is 5.01 Å². The molecule has 1 aromatic heterocycles. The Bertz CT molecular complexity index is 1080. The van der Waals surface area contributed by atoms with Crippen LogP contribution in [-0.2, 0) is 0 Å². The van der Waals surface area contributed by atoms with E-state index in [2.05, 4.69) is 17.5 Å². The summed E-state index contributed by atoms with van der Waals surface area (Å²) in [6, 6.07) is 15.8. The summed E-state index contributed by atoms with van der Waals surface area (Å²) < 4.78 is 11.9. The molecule has 2 aromatic carbocycles. The molecule has 0 aliphatic carbocycles. The summed E-state index contributed by atoms with van der Waals surface area (Å²) in [7, 11) is 0. The van der Waals surface area contributed by atoms with Crippen molar-refractivity contribution in [2.75, 3.05) is 6.61 Å². The number of halogens is 1. The van der Waals surface area contributed by atoms with E-state index in [0.717, 1.165) is 33.9 Å². The minimum Gasteiger partial charge on any atom is -0.503 e. The highest BCUT2D eigenvalue weighted by atomic mass is 35.5. The van der Waals surface area contributed by atoms with E-state index in [1.807, 2.05) is 36.2 Å². The molecule has 0 spiro atoms. The van der Waals surface area contributed by atoms with Crippen LogP contribution in [0.25, 0.3) is 0 Å². The number of ether oxygens (including phenoxy) is 2. The van der Waals surface area contributed by atoms with Gasteiger partial charge in [0.15, 0.2) is 11.5 Å². The maximum absolute atomic E-state index is 10.2. The molecule has 0 amide bonds. The van der Waals surface area contributed by atoms with Gasteiger partial charge in [0.05, 0.1) is 28.3 Å². The fraction of sp³-hybridized carbons (Fsp3) is 0.227. The van der Waals surface area contributed by atoms with Crippen LogP contribution in [0, 0.1) is 0 Å². The zero-order valence-electron chi connectivity index (χ0n) is 15.7. The molecule has 3 heterocycles. The fourth-order valence-electron chi connectivity index (χ4n) is 3.85. The third kappa shape index (κ3) is 3.12. The lowest BCUT2D eigenvalue weighted by Gasteiger charge is -2.38. The molecule has 2 aliphatic rings. The van der Waals surface area contributed by atoms with E-state index >= 15 is 0 Å². The maximum Gasteiger partial charge on any atom is 0.214 e. The van der Waals surface area contributed by atoms with E-state index in [1.165, 1.54) is 0 Å². The first-order valence-corrected chi connectivity index (χ1v) is 10.7. The number of aromatic hydroxyl groups is 1. The average Bonchev–Trinajstić information content (AvgIpc) is 3.40. The molecule has 2 atom stereocenters. The molecule has 5 nitrogen and oxygen atoms in total. The molecular formula is C22H19ClN2O3S. The van der Waals surface area contributed by atoms with Crippen molar-refractivity contribution in [3.8, 4) is 17.2 Å². The minimum atomic E-state index is -0.468. The number of hydrazone groups is 1. The zero-order chi connectivity index (χ0) is 20.0. The van der Waals surface area contributed by atoms with Crippen LogP contribution in [0.1, 0.15) is 41.6 Å². The summed E-state index contributed by atoms with van der Waals surface area (Å²) >= 11 is 7.97. The summed E-state index contributed by atoms with van der Waals surface area (Å²) in [6.07, 6.45) is 0.339. The summed E-state index contributed by atoms with van der Waals surface area (Å²) in [4.78, 5) is 1.16. The second kappa shape index (κ2) is 7.28. The standard InChI is InChI=1S/C22H19ClN2O3S/c1-2-27-19-11-13(10-15(23)21(19)26)22-25-17(14-6-3-4-7-18(14)28-22)12-16(24-25)20-8-5-9-29-20/h3-11,17,22,26H,2,12H2,1H3/t17-,22-/m1/s1. The van der Waals surface area contributed by atoms with E-state index in [0.29, 0.717) is 12.4 Å². The number of hydrogen-bond acceptors (Lipinski definition) is 6. The van der Waals surface area contributed by atoms with Crippen LogP contribution in [0.4, 0.5) is 0 Å². The van der Waals surface area contributed by atoms with E-state index in [-0.39, 0.29) is 16.8 Å². The second-order valence-electron chi connectivity index (χ2n) is 6.91. The minimum absolute atomic E-state index is 0.0609. The molecule has 0 saturated carbocycles. The van der Waals surface area contributed by atoms with Crippen molar-refractivity contribution in [2.24, 2.45) is 5.10 Å². The lowest BCUT2D eigenvalue weighted by molar-refractivity contribution is -0.0191. The monoisotopic (exact) mass is 426 g/mol. The fourth-order valence-corrected chi connectivity index (χ4v) is 4.79. The van der Waals surface area contributed by atoms with Gasteiger partial charge in [-0.3, -0.25) is 0 Å². The normalized spacial score (nSPS) is 19.9. The highest BCUT2D eigenvalue weighted by molar-refractivity contribution is 7.12. The van der Waals surface area contributed by atoms with Gasteiger partial charge in [-0.15, -0.1) is 11.3 Å². The van der Waals surface area contributed by atoms with Crippen LogP contribution in [0.3, 0.4) is 0 Å². The third-order valence-corrected chi connectivity index (χ3v) is 6.35. The molecule has 148 valence electrons. The van der Waals surface area contributed by atoms with Crippen molar-refractivity contribution in [3.05, 3.63) is 74.9 Å². The zero-order valence-corrected chi connectivity index (χ0v) is 17.3. The number of phenols is 1. The van der Waals surface area contributed by atoms with Gasteiger partial charge < -0.3 is 14.6 Å². The van der Waals surface area contributed by atoms with E-state index in [4.69, 9.17) is 26.2 Å². The summed E-state index contributed by atoms with van der Waals surface area (Å²) in [5.41, 5.74) is 2.95. The Morgan fingerprint density at radius 2 is 2.14 bits per heavy atom. The van der Waals surface area contributed by atoms with E-state index in [1.54, 1.807) is 23.5 Å². The van der Waals surface area contributed by atoms with Crippen LogP contribution in [0.15, 0.2) is 59.0 Å². The van der Waals surface area contributed by atoms with Crippen molar-refractivity contribution in [3.63, 3.8) is 0 Å². The Hall–Kier alpha value is -2.70. The molecule has 7 heteroatoms. The highest BCUT2D eigenvalue weighted by Crippen LogP contribution is 2.49. The first kappa shape index (κ1) is 18.3. The Balaban J connectivity index is 1.61. The summed E-state index contributed by atoms with van der Waals surface area (Å²) in [6.45, 7) is 2.29. The molecule has 29 heavy (non-hydrogen) atoms. The van der Waals surface area contributed by atoms with Gasteiger partial charge in [0.2, 0.25) is 6.23 Å². The predicted octanol–water partition coefficient (Wildman–Crippen LogP) is 5.75. The number of nitrogens with zero attached hydrogens (tertiary/aromatic N) is 2. The van der Waals surface area contributed by atoms with Gasteiger partial charge in [0.25, 0.3) is 0 Å². The first-order valence-electron chi connectivity index (χ1n) is 9.46. The van der Waals surface area contributed by atoms with Gasteiger partial charge in [-0.25, -0.2) is 5.01 Å². The van der Waals surface area contributed by atoms with Crippen molar-refractivity contribution < 1.29 is 14.6 Å². The molecule has 2 aliphatic heterocycles. The molecule has 0 saturated heterocycles. The van der Waals surface area contributed by atoms with Gasteiger partial charge in [0.1, 0.15) is 5.75 Å². The highest BCUT2D eigenvalue weighted by Gasteiger charge is 2.41. The molecular weight excluding hydrogens is 408 g/mol. The molecule has 0 radical (unpaired) electrons. The lowest BCUT2D eigenvalue weighted by Crippen LogP contribution is -2.33. The number of rotatable bonds is 4.